The summed E-state index contributed by atoms with van der Waals surface area (Å²) in [6, 6.07) is 1.87. The maximum absolute atomic E-state index is 12.8. The van der Waals surface area contributed by atoms with Gasteiger partial charge in [0, 0.05) is 51.1 Å². The summed E-state index contributed by atoms with van der Waals surface area (Å²) in [7, 11) is 1.89. The van der Waals surface area contributed by atoms with Crippen LogP contribution in [-0.2, 0) is 16.6 Å². The molecule has 178 valence electrons. The van der Waals surface area contributed by atoms with Crippen LogP contribution in [0.5, 0.6) is 0 Å². The molecule has 2 amide bonds. The molecule has 2 N–H and O–H groups in total. The third-order valence-corrected chi connectivity index (χ3v) is 5.88. The Balaban J connectivity index is 0.000000383. The van der Waals surface area contributed by atoms with Gasteiger partial charge in [-0.15, -0.1) is 0 Å². The van der Waals surface area contributed by atoms with Gasteiger partial charge in [0.1, 0.15) is 0 Å². The molecule has 0 radical (unpaired) electrons. The molecule has 1 unspecified atom stereocenters. The number of carboxylic acids is 1. The van der Waals surface area contributed by atoms with E-state index < -0.39 is 12.1 Å². The zero-order chi connectivity index (χ0) is 24.4. The largest absolute Gasteiger partial charge is 0.490 e. The van der Waals surface area contributed by atoms with Crippen molar-refractivity contribution in [1.82, 2.24) is 25.0 Å². The van der Waals surface area contributed by atoms with Crippen LogP contribution in [0.1, 0.15) is 46.7 Å². The fourth-order valence-electron chi connectivity index (χ4n) is 4.29. The van der Waals surface area contributed by atoms with Gasteiger partial charge in [-0.3, -0.25) is 19.3 Å². The van der Waals surface area contributed by atoms with Crippen molar-refractivity contribution in [1.29, 1.82) is 0 Å². The SMILES string of the molecule is Cc1cncc(C(=O)N2CCC3(CC2)NC(=O)CC3c2cnn(C)c2)c1.O=C(O)C(F)(F)F. The number of aryl methyl sites for hydroxylation is 2. The summed E-state index contributed by atoms with van der Waals surface area (Å²) in [5, 5.41) is 14.6. The zero-order valence-corrected chi connectivity index (χ0v) is 18.1. The Bertz CT molecular complexity index is 1040. The minimum absolute atomic E-state index is 0.0123. The van der Waals surface area contributed by atoms with Gasteiger partial charge in [-0.2, -0.15) is 18.3 Å². The number of carboxylic acid groups (broad SMARTS) is 1. The molecule has 4 heterocycles. The molecule has 2 aliphatic rings. The normalized spacial score (nSPS) is 19.6. The average Bonchev–Trinajstić information content (AvgIpc) is 3.30. The standard InChI is InChI=1S/C19H23N5O2.C2HF3O2/c1-13-7-14(10-20-9-13)18(26)24-5-3-19(4-6-24)16(8-17(25)22-19)15-11-21-23(2)12-15;3-2(4,5)1(6)7/h7,9-12,16H,3-6,8H2,1-2H3,(H,22,25);(H,6,7). The molecule has 33 heavy (non-hydrogen) atoms. The average molecular weight is 467 g/mol. The number of carbonyl (C=O) groups is 3. The molecule has 12 heteroatoms. The molecular weight excluding hydrogens is 443 g/mol. The highest BCUT2D eigenvalue weighted by Crippen LogP contribution is 2.43. The lowest BCUT2D eigenvalue weighted by Crippen LogP contribution is -2.54. The summed E-state index contributed by atoms with van der Waals surface area (Å²) in [5.74, 6) is -2.55. The number of amides is 2. The van der Waals surface area contributed by atoms with E-state index in [0.29, 0.717) is 25.1 Å². The minimum atomic E-state index is -5.08. The van der Waals surface area contributed by atoms with Crippen molar-refractivity contribution in [3.05, 3.63) is 47.5 Å². The number of nitrogens with one attached hydrogen (secondary N) is 1. The van der Waals surface area contributed by atoms with Crippen molar-refractivity contribution in [2.24, 2.45) is 7.05 Å². The number of carbonyl (C=O) groups excluding carboxylic acids is 2. The molecule has 0 saturated carbocycles. The number of pyridine rings is 1. The number of nitrogens with zero attached hydrogens (tertiary/aromatic N) is 4. The van der Waals surface area contributed by atoms with E-state index in [-0.39, 0.29) is 23.3 Å². The van der Waals surface area contributed by atoms with Crippen molar-refractivity contribution < 1.29 is 32.7 Å². The van der Waals surface area contributed by atoms with Gasteiger partial charge in [0.15, 0.2) is 0 Å². The molecule has 0 aromatic carbocycles. The van der Waals surface area contributed by atoms with Crippen LogP contribution in [0.25, 0.3) is 0 Å². The molecule has 0 bridgehead atoms. The third-order valence-electron chi connectivity index (χ3n) is 5.88. The van der Waals surface area contributed by atoms with Gasteiger partial charge < -0.3 is 15.3 Å². The highest BCUT2D eigenvalue weighted by atomic mass is 19.4. The van der Waals surface area contributed by atoms with E-state index in [2.05, 4.69) is 15.4 Å². The lowest BCUT2D eigenvalue weighted by Gasteiger charge is -2.42. The number of hydrogen-bond acceptors (Lipinski definition) is 5. The Hall–Kier alpha value is -3.44. The van der Waals surface area contributed by atoms with Crippen LogP contribution >= 0.6 is 0 Å². The summed E-state index contributed by atoms with van der Waals surface area (Å²) >= 11 is 0. The first-order valence-corrected chi connectivity index (χ1v) is 10.2. The molecular formula is C21H24F3N5O4. The van der Waals surface area contributed by atoms with E-state index in [1.807, 2.05) is 37.3 Å². The summed E-state index contributed by atoms with van der Waals surface area (Å²) in [4.78, 5) is 39.8. The minimum Gasteiger partial charge on any atom is -0.475 e. The van der Waals surface area contributed by atoms with Crippen LogP contribution in [0.4, 0.5) is 13.2 Å². The topological polar surface area (TPSA) is 117 Å². The first-order valence-electron chi connectivity index (χ1n) is 10.2. The molecule has 2 saturated heterocycles. The van der Waals surface area contributed by atoms with Gasteiger partial charge in [-0.1, -0.05) is 0 Å². The lowest BCUT2D eigenvalue weighted by molar-refractivity contribution is -0.192. The molecule has 9 nitrogen and oxygen atoms in total. The van der Waals surface area contributed by atoms with Crippen molar-refractivity contribution >= 4 is 17.8 Å². The number of aliphatic carboxylic acids is 1. The maximum Gasteiger partial charge on any atom is 0.490 e. The Labute approximate surface area is 187 Å². The van der Waals surface area contributed by atoms with Gasteiger partial charge >= 0.3 is 12.1 Å². The highest BCUT2D eigenvalue weighted by molar-refractivity contribution is 5.94. The second-order valence-corrected chi connectivity index (χ2v) is 8.25. The van der Waals surface area contributed by atoms with Crippen LogP contribution < -0.4 is 5.32 Å². The van der Waals surface area contributed by atoms with Crippen LogP contribution in [0, 0.1) is 6.92 Å². The lowest BCUT2D eigenvalue weighted by atomic mass is 9.75. The van der Waals surface area contributed by atoms with Gasteiger partial charge in [-0.25, -0.2) is 4.79 Å². The van der Waals surface area contributed by atoms with E-state index in [1.165, 1.54) is 0 Å². The van der Waals surface area contributed by atoms with Crippen molar-refractivity contribution in [3.8, 4) is 0 Å². The van der Waals surface area contributed by atoms with Gasteiger partial charge in [0.25, 0.3) is 5.91 Å². The smallest absolute Gasteiger partial charge is 0.475 e. The van der Waals surface area contributed by atoms with Crippen molar-refractivity contribution in [2.45, 2.75) is 43.8 Å². The van der Waals surface area contributed by atoms with E-state index in [0.717, 1.165) is 24.0 Å². The van der Waals surface area contributed by atoms with Gasteiger partial charge in [0.2, 0.25) is 5.91 Å². The van der Waals surface area contributed by atoms with E-state index in [9.17, 15) is 22.8 Å². The van der Waals surface area contributed by atoms with Gasteiger partial charge in [0.05, 0.1) is 17.3 Å². The molecule has 2 aliphatic heterocycles. The van der Waals surface area contributed by atoms with E-state index in [1.54, 1.807) is 17.1 Å². The van der Waals surface area contributed by atoms with Crippen LogP contribution in [0.15, 0.2) is 30.9 Å². The number of aromatic nitrogens is 3. The number of alkyl halides is 3. The second kappa shape index (κ2) is 9.20. The Kier molecular flexibility index (Phi) is 6.75. The number of halogens is 3. The maximum atomic E-state index is 12.8. The predicted octanol–water partition coefficient (Wildman–Crippen LogP) is 2.04. The number of likely N-dealkylation sites (tertiary alicyclic amines) is 1. The van der Waals surface area contributed by atoms with Crippen LogP contribution in [-0.4, -0.2) is 67.4 Å². The predicted molar refractivity (Wildman–Crippen MR) is 109 cm³/mol. The Morgan fingerprint density at radius 2 is 1.85 bits per heavy atom. The van der Waals surface area contributed by atoms with Gasteiger partial charge in [-0.05, 0) is 37.0 Å². The van der Waals surface area contributed by atoms with Crippen molar-refractivity contribution in [3.63, 3.8) is 0 Å². The zero-order valence-electron chi connectivity index (χ0n) is 18.1. The van der Waals surface area contributed by atoms with E-state index >= 15 is 0 Å². The number of piperidine rings is 1. The van der Waals surface area contributed by atoms with Crippen LogP contribution in [0.2, 0.25) is 0 Å². The molecule has 0 aliphatic carbocycles. The molecule has 1 spiro atoms. The Morgan fingerprint density at radius 1 is 1.21 bits per heavy atom. The molecule has 1 atom stereocenters. The highest BCUT2D eigenvalue weighted by Gasteiger charge is 2.49. The molecule has 4 rings (SSSR count). The Morgan fingerprint density at radius 3 is 2.36 bits per heavy atom. The monoisotopic (exact) mass is 467 g/mol. The number of hydrogen-bond donors (Lipinski definition) is 2. The van der Waals surface area contributed by atoms with Crippen LogP contribution in [0.3, 0.4) is 0 Å². The fraction of sp³-hybridized carbons (Fsp3) is 0.476. The first kappa shape index (κ1) is 24.2. The second-order valence-electron chi connectivity index (χ2n) is 8.25. The summed E-state index contributed by atoms with van der Waals surface area (Å²) in [6.45, 7) is 3.19. The molecule has 2 aromatic rings. The van der Waals surface area contributed by atoms with E-state index in [4.69, 9.17) is 9.90 Å². The summed E-state index contributed by atoms with van der Waals surface area (Å²) in [5.41, 5.74) is 2.42. The third kappa shape index (κ3) is 5.49. The van der Waals surface area contributed by atoms with Crippen molar-refractivity contribution in [2.75, 3.05) is 13.1 Å². The first-order chi connectivity index (χ1) is 15.4. The number of rotatable bonds is 2. The fourth-order valence-corrected chi connectivity index (χ4v) is 4.29. The summed E-state index contributed by atoms with van der Waals surface area (Å²) < 4.78 is 33.5. The molecule has 2 aromatic heterocycles. The molecule has 2 fully saturated rings. The summed E-state index contributed by atoms with van der Waals surface area (Å²) in [6.07, 6.45) is 4.11. The quantitative estimate of drug-likeness (QED) is 0.698.